The van der Waals surface area contributed by atoms with E-state index < -0.39 is 0 Å². The smallest absolute Gasteiger partial charge is 0.144 e. The van der Waals surface area contributed by atoms with Gasteiger partial charge in [-0.2, -0.15) is 5.26 Å². The quantitative estimate of drug-likeness (QED) is 0.799. The zero-order chi connectivity index (χ0) is 11.0. The van der Waals surface area contributed by atoms with Crippen LogP contribution in [0.25, 0.3) is 0 Å². The third-order valence-corrected chi connectivity index (χ3v) is 2.89. The Hall–Kier alpha value is -1.56. The van der Waals surface area contributed by atoms with Crippen molar-refractivity contribution in [3.63, 3.8) is 0 Å². The largest absolute Gasteiger partial charge is 0.366 e. The number of anilines is 1. The van der Waals surface area contributed by atoms with Crippen molar-refractivity contribution < 1.29 is 0 Å². The molecule has 15 heavy (non-hydrogen) atoms. The molecule has 1 saturated carbocycles. The van der Waals surface area contributed by atoms with Crippen LogP contribution in [0, 0.1) is 31.1 Å². The molecule has 3 nitrogen and oxygen atoms in total. The van der Waals surface area contributed by atoms with Crippen LogP contribution < -0.4 is 5.32 Å². The SMILES string of the molecule is Cc1cc(C)c(C#N)c(NC2CC2C)n1. The van der Waals surface area contributed by atoms with Crippen molar-refractivity contribution in [1.82, 2.24) is 4.98 Å². The van der Waals surface area contributed by atoms with Gasteiger partial charge in [0.25, 0.3) is 0 Å². The third kappa shape index (κ3) is 1.94. The van der Waals surface area contributed by atoms with Crippen molar-refractivity contribution >= 4 is 5.82 Å². The minimum Gasteiger partial charge on any atom is -0.366 e. The molecule has 0 aromatic carbocycles. The molecular weight excluding hydrogens is 186 g/mol. The Morgan fingerprint density at radius 2 is 2.20 bits per heavy atom. The average Bonchev–Trinajstić information content (AvgIpc) is 2.81. The summed E-state index contributed by atoms with van der Waals surface area (Å²) in [6.45, 7) is 6.11. The summed E-state index contributed by atoms with van der Waals surface area (Å²) < 4.78 is 0. The van der Waals surface area contributed by atoms with Gasteiger partial charge in [-0.3, -0.25) is 0 Å². The molecule has 1 N–H and O–H groups in total. The summed E-state index contributed by atoms with van der Waals surface area (Å²) in [5.41, 5.74) is 2.64. The van der Waals surface area contributed by atoms with Crippen molar-refractivity contribution in [2.75, 3.05) is 5.32 Å². The maximum Gasteiger partial charge on any atom is 0.144 e. The number of hydrogen-bond donors (Lipinski definition) is 1. The van der Waals surface area contributed by atoms with Crippen LogP contribution in [-0.2, 0) is 0 Å². The van der Waals surface area contributed by atoms with Crippen LogP contribution in [0.5, 0.6) is 0 Å². The predicted molar refractivity (Wildman–Crippen MR) is 59.6 cm³/mol. The number of aryl methyl sites for hydroxylation is 2. The molecule has 1 fully saturated rings. The molecule has 1 aromatic heterocycles. The fourth-order valence-electron chi connectivity index (χ4n) is 1.78. The number of aromatic nitrogens is 1. The maximum absolute atomic E-state index is 9.06. The minimum absolute atomic E-state index is 0.505. The molecule has 2 unspecified atom stereocenters. The van der Waals surface area contributed by atoms with Crippen molar-refractivity contribution in [3.05, 3.63) is 22.9 Å². The number of pyridine rings is 1. The summed E-state index contributed by atoms with van der Waals surface area (Å²) in [4.78, 5) is 4.39. The van der Waals surface area contributed by atoms with Crippen LogP contribution in [0.4, 0.5) is 5.82 Å². The van der Waals surface area contributed by atoms with Gasteiger partial charge < -0.3 is 5.32 Å². The molecular formula is C12H15N3. The van der Waals surface area contributed by atoms with E-state index in [9.17, 15) is 0 Å². The van der Waals surface area contributed by atoms with Crippen molar-refractivity contribution in [1.29, 1.82) is 5.26 Å². The highest BCUT2D eigenvalue weighted by molar-refractivity contribution is 5.57. The minimum atomic E-state index is 0.505. The Morgan fingerprint density at radius 3 is 2.73 bits per heavy atom. The molecule has 1 aliphatic rings. The Bertz CT molecular complexity index is 431. The van der Waals surface area contributed by atoms with Crippen LogP contribution in [-0.4, -0.2) is 11.0 Å². The third-order valence-electron chi connectivity index (χ3n) is 2.89. The highest BCUT2D eigenvalue weighted by Gasteiger charge is 2.33. The summed E-state index contributed by atoms with van der Waals surface area (Å²) in [5, 5.41) is 12.4. The predicted octanol–water partition coefficient (Wildman–Crippen LogP) is 2.39. The number of hydrogen-bond acceptors (Lipinski definition) is 3. The second kappa shape index (κ2) is 3.54. The zero-order valence-electron chi connectivity index (χ0n) is 9.33. The first-order chi connectivity index (χ1) is 7.11. The molecule has 0 aliphatic heterocycles. The molecule has 3 heteroatoms. The van der Waals surface area contributed by atoms with Gasteiger partial charge in [0.15, 0.2) is 0 Å². The second-order valence-electron chi connectivity index (χ2n) is 4.38. The van der Waals surface area contributed by atoms with E-state index in [1.165, 1.54) is 6.42 Å². The fourth-order valence-corrected chi connectivity index (χ4v) is 1.78. The molecule has 0 spiro atoms. The normalized spacial score (nSPS) is 23.3. The molecule has 0 bridgehead atoms. The van der Waals surface area contributed by atoms with E-state index in [0.717, 1.165) is 17.1 Å². The molecule has 2 atom stereocenters. The van der Waals surface area contributed by atoms with Gasteiger partial charge in [0.1, 0.15) is 11.9 Å². The first-order valence-corrected chi connectivity index (χ1v) is 5.26. The van der Waals surface area contributed by atoms with Gasteiger partial charge in [-0.1, -0.05) is 6.92 Å². The number of rotatable bonds is 2. The first kappa shape index (κ1) is 9.97. The first-order valence-electron chi connectivity index (χ1n) is 5.26. The number of nitrogens with one attached hydrogen (secondary N) is 1. The number of nitriles is 1. The summed E-state index contributed by atoms with van der Waals surface area (Å²) in [6.07, 6.45) is 1.18. The fraction of sp³-hybridized carbons (Fsp3) is 0.500. The van der Waals surface area contributed by atoms with E-state index in [1.807, 2.05) is 19.9 Å². The van der Waals surface area contributed by atoms with Crippen LogP contribution in [0.1, 0.15) is 30.2 Å². The lowest BCUT2D eigenvalue weighted by Gasteiger charge is -2.09. The van der Waals surface area contributed by atoms with E-state index in [-0.39, 0.29) is 0 Å². The lowest BCUT2D eigenvalue weighted by atomic mass is 10.1. The van der Waals surface area contributed by atoms with Crippen LogP contribution in [0.2, 0.25) is 0 Å². The van der Waals surface area contributed by atoms with Crippen LogP contribution in [0.15, 0.2) is 6.07 Å². The van der Waals surface area contributed by atoms with Crippen molar-refractivity contribution in [2.24, 2.45) is 5.92 Å². The highest BCUT2D eigenvalue weighted by atomic mass is 15.1. The maximum atomic E-state index is 9.06. The van der Waals surface area contributed by atoms with Gasteiger partial charge in [-0.25, -0.2) is 4.98 Å². The highest BCUT2D eigenvalue weighted by Crippen LogP contribution is 2.33. The van der Waals surface area contributed by atoms with E-state index in [0.29, 0.717) is 17.5 Å². The van der Waals surface area contributed by atoms with Crippen LogP contribution >= 0.6 is 0 Å². The molecule has 0 amide bonds. The van der Waals surface area contributed by atoms with Crippen molar-refractivity contribution in [3.8, 4) is 6.07 Å². The molecule has 1 aliphatic carbocycles. The molecule has 0 saturated heterocycles. The summed E-state index contributed by atoms with van der Waals surface area (Å²) in [5.74, 6) is 1.46. The topological polar surface area (TPSA) is 48.7 Å². The Kier molecular flexibility index (Phi) is 2.36. The zero-order valence-corrected chi connectivity index (χ0v) is 9.33. The van der Waals surface area contributed by atoms with Crippen molar-refractivity contribution in [2.45, 2.75) is 33.2 Å². The van der Waals surface area contributed by atoms with Gasteiger partial charge in [-0.15, -0.1) is 0 Å². The van der Waals surface area contributed by atoms with Gasteiger partial charge in [0.2, 0.25) is 0 Å². The summed E-state index contributed by atoms with van der Waals surface area (Å²) >= 11 is 0. The molecule has 1 heterocycles. The van der Waals surface area contributed by atoms with Gasteiger partial charge in [0.05, 0.1) is 5.56 Å². The van der Waals surface area contributed by atoms with E-state index in [4.69, 9.17) is 5.26 Å². The summed E-state index contributed by atoms with van der Waals surface area (Å²) in [6, 6.07) is 4.66. The number of nitrogens with zero attached hydrogens (tertiary/aromatic N) is 2. The molecule has 78 valence electrons. The molecule has 1 aromatic rings. The Labute approximate surface area is 90.1 Å². The Morgan fingerprint density at radius 1 is 1.53 bits per heavy atom. The lowest BCUT2D eigenvalue weighted by Crippen LogP contribution is -2.08. The lowest BCUT2D eigenvalue weighted by molar-refractivity contribution is 0.920. The van der Waals surface area contributed by atoms with E-state index in [1.54, 1.807) is 0 Å². The standard InChI is InChI=1S/C12H15N3/c1-7-4-9(3)14-12(10(7)6-13)15-11-5-8(11)2/h4,8,11H,5H2,1-3H3,(H,14,15). The second-order valence-corrected chi connectivity index (χ2v) is 4.38. The summed E-state index contributed by atoms with van der Waals surface area (Å²) in [7, 11) is 0. The monoisotopic (exact) mass is 201 g/mol. The van der Waals surface area contributed by atoms with Gasteiger partial charge in [-0.05, 0) is 37.8 Å². The van der Waals surface area contributed by atoms with Gasteiger partial charge >= 0.3 is 0 Å². The Balaban J connectivity index is 2.32. The van der Waals surface area contributed by atoms with Gasteiger partial charge in [0, 0.05) is 11.7 Å². The average molecular weight is 201 g/mol. The van der Waals surface area contributed by atoms with E-state index in [2.05, 4.69) is 23.3 Å². The van der Waals surface area contributed by atoms with E-state index >= 15 is 0 Å². The van der Waals surface area contributed by atoms with Crippen LogP contribution in [0.3, 0.4) is 0 Å². The molecule has 2 rings (SSSR count). The molecule has 0 radical (unpaired) electrons.